The van der Waals surface area contributed by atoms with Crippen molar-refractivity contribution in [3.8, 4) is 0 Å². The first kappa shape index (κ1) is 25.8. The predicted octanol–water partition coefficient (Wildman–Crippen LogP) is 1.18. The van der Waals surface area contributed by atoms with E-state index in [4.69, 9.17) is 4.74 Å². The maximum Gasteiger partial charge on any atom is 0.249 e. The Morgan fingerprint density at radius 2 is 1.87 bits per heavy atom. The van der Waals surface area contributed by atoms with Crippen molar-refractivity contribution in [2.75, 3.05) is 66.1 Å². The maximum absolute atomic E-state index is 13.9. The molecule has 0 bridgehead atoms. The summed E-state index contributed by atoms with van der Waals surface area (Å²) in [4.78, 5) is 31.2. The number of ether oxygens (including phenoxy) is 1. The van der Waals surface area contributed by atoms with E-state index in [1.165, 1.54) is 19.2 Å². The van der Waals surface area contributed by atoms with Gasteiger partial charge in [-0.05, 0) is 23.6 Å². The molecule has 0 radical (unpaired) electrons. The van der Waals surface area contributed by atoms with Gasteiger partial charge >= 0.3 is 0 Å². The van der Waals surface area contributed by atoms with Gasteiger partial charge in [0, 0.05) is 58.8 Å². The quantitative estimate of drug-likeness (QED) is 0.690. The zero-order valence-electron chi connectivity index (χ0n) is 17.7. The van der Waals surface area contributed by atoms with Gasteiger partial charge in [-0.1, -0.05) is 12.1 Å². The van der Waals surface area contributed by atoms with Gasteiger partial charge in [-0.15, -0.1) is 24.8 Å². The van der Waals surface area contributed by atoms with Crippen molar-refractivity contribution >= 4 is 36.6 Å². The number of methoxy groups -OCH3 is 1. The van der Waals surface area contributed by atoms with Crippen LogP contribution in [0.3, 0.4) is 0 Å². The minimum absolute atomic E-state index is 0. The van der Waals surface area contributed by atoms with Crippen LogP contribution in [0.1, 0.15) is 11.6 Å². The number of fused-ring (bicyclic) bond motifs is 1. The third-order valence-corrected chi connectivity index (χ3v) is 6.35. The lowest BCUT2D eigenvalue weighted by molar-refractivity contribution is -0.137. The molecule has 3 saturated heterocycles. The maximum atomic E-state index is 13.9. The number of amides is 2. The highest BCUT2D eigenvalue weighted by molar-refractivity contribution is 5.85. The molecule has 4 rings (SSSR count). The summed E-state index contributed by atoms with van der Waals surface area (Å²) < 4.78 is 19.0. The highest BCUT2D eigenvalue weighted by Crippen LogP contribution is 2.45. The molecule has 7 nitrogen and oxygen atoms in total. The summed E-state index contributed by atoms with van der Waals surface area (Å²) in [6.07, 6.45) is 0. The second-order valence-corrected chi connectivity index (χ2v) is 8.23. The van der Waals surface area contributed by atoms with Crippen LogP contribution in [0, 0.1) is 17.7 Å². The van der Waals surface area contributed by atoms with Crippen LogP contribution >= 0.6 is 24.8 Å². The van der Waals surface area contributed by atoms with Gasteiger partial charge in [0.1, 0.15) is 12.4 Å². The summed E-state index contributed by atoms with van der Waals surface area (Å²) in [5.41, 5.74) is 0.817. The highest BCUT2D eigenvalue weighted by atomic mass is 35.5. The molecule has 0 spiro atoms. The zero-order valence-corrected chi connectivity index (χ0v) is 19.3. The summed E-state index contributed by atoms with van der Waals surface area (Å²) in [5.74, 6) is 0.267. The Bertz CT molecular complexity index is 766. The van der Waals surface area contributed by atoms with Gasteiger partial charge in [0.15, 0.2) is 0 Å². The zero-order chi connectivity index (χ0) is 20.4. The summed E-state index contributed by atoms with van der Waals surface area (Å²) in [7, 11) is 1.51. The molecule has 0 aromatic heterocycles. The lowest BCUT2D eigenvalue weighted by Gasteiger charge is -2.31. The average molecular weight is 477 g/mol. The van der Waals surface area contributed by atoms with Crippen LogP contribution < -0.4 is 5.32 Å². The van der Waals surface area contributed by atoms with Gasteiger partial charge in [0.05, 0.1) is 12.6 Å². The smallest absolute Gasteiger partial charge is 0.249 e. The topological polar surface area (TPSA) is 65.1 Å². The first-order valence-electron chi connectivity index (χ1n) is 10.3. The summed E-state index contributed by atoms with van der Waals surface area (Å²) in [5, 5.41) is 3.26. The molecule has 2 amide bonds. The number of rotatable bonds is 5. The van der Waals surface area contributed by atoms with Gasteiger partial charge in [0.25, 0.3) is 0 Å². The molecular weight excluding hydrogens is 446 g/mol. The molecule has 0 unspecified atom stereocenters. The molecular formula is C21H31Cl2FN4O3. The SMILES string of the molecule is COCC(=O)N1C[C@H]2CN(CC(=O)N3CCNCC3)C[C@H]2[C@@H]1c1cccc(F)c1.Cl.Cl. The Morgan fingerprint density at radius 3 is 2.55 bits per heavy atom. The minimum Gasteiger partial charge on any atom is -0.375 e. The largest absolute Gasteiger partial charge is 0.375 e. The summed E-state index contributed by atoms with van der Waals surface area (Å²) in [6.45, 7) is 5.77. The number of nitrogens with one attached hydrogen (secondary N) is 1. The van der Waals surface area contributed by atoms with E-state index in [1.807, 2.05) is 15.9 Å². The predicted molar refractivity (Wildman–Crippen MR) is 120 cm³/mol. The van der Waals surface area contributed by atoms with Gasteiger partial charge in [-0.25, -0.2) is 4.39 Å². The van der Waals surface area contributed by atoms with Gasteiger partial charge < -0.3 is 19.9 Å². The van der Waals surface area contributed by atoms with Crippen LogP contribution in [0.2, 0.25) is 0 Å². The highest BCUT2D eigenvalue weighted by Gasteiger charge is 2.49. The third kappa shape index (κ3) is 5.68. The molecule has 3 heterocycles. The molecule has 10 heteroatoms. The molecule has 31 heavy (non-hydrogen) atoms. The number of likely N-dealkylation sites (tertiary alicyclic amines) is 2. The van der Waals surface area contributed by atoms with Gasteiger partial charge in [-0.2, -0.15) is 0 Å². The number of carbonyl (C=O) groups excluding carboxylic acids is 2. The van der Waals surface area contributed by atoms with E-state index >= 15 is 0 Å². The first-order chi connectivity index (χ1) is 14.1. The standard InChI is InChI=1S/C21H29FN4O3.2ClH/c1-29-14-20(28)26-11-16-10-24(13-19(27)25-7-5-23-6-8-25)12-18(16)21(26)15-3-2-4-17(22)9-15;;/h2-4,9,16,18,21,23H,5-8,10-14H2,1H3;2*1H/t16-,18-,21+;;/m1../s1. The molecule has 0 aliphatic carbocycles. The van der Waals surface area contributed by atoms with E-state index in [9.17, 15) is 14.0 Å². The van der Waals surface area contributed by atoms with Crippen LogP contribution in [0.5, 0.6) is 0 Å². The van der Waals surface area contributed by atoms with Crippen molar-refractivity contribution in [1.82, 2.24) is 20.0 Å². The van der Waals surface area contributed by atoms with E-state index in [1.54, 1.807) is 6.07 Å². The van der Waals surface area contributed by atoms with Gasteiger partial charge in [0.2, 0.25) is 11.8 Å². The summed E-state index contributed by atoms with van der Waals surface area (Å²) >= 11 is 0. The second-order valence-electron chi connectivity index (χ2n) is 8.23. The van der Waals surface area contributed by atoms with E-state index in [0.717, 1.165) is 44.8 Å². The fourth-order valence-electron chi connectivity index (χ4n) is 5.05. The molecule has 1 N–H and O–H groups in total. The van der Waals surface area contributed by atoms with Gasteiger partial charge in [-0.3, -0.25) is 14.5 Å². The first-order valence-corrected chi connectivity index (χ1v) is 10.3. The molecule has 1 aromatic carbocycles. The molecule has 174 valence electrons. The van der Waals surface area contributed by atoms with Crippen molar-refractivity contribution in [3.05, 3.63) is 35.6 Å². The number of hydrogen-bond acceptors (Lipinski definition) is 5. The molecule has 3 fully saturated rings. The van der Waals surface area contributed by atoms with E-state index in [2.05, 4.69) is 10.2 Å². The Labute approximate surface area is 195 Å². The van der Waals surface area contributed by atoms with Crippen LogP contribution in [0.4, 0.5) is 4.39 Å². The number of hydrogen-bond donors (Lipinski definition) is 1. The second kappa shape index (κ2) is 11.4. The van der Waals surface area contributed by atoms with Crippen molar-refractivity contribution < 1.29 is 18.7 Å². The van der Waals surface area contributed by atoms with Crippen LogP contribution in [-0.2, 0) is 14.3 Å². The lowest BCUT2D eigenvalue weighted by Crippen LogP contribution is -2.49. The monoisotopic (exact) mass is 476 g/mol. The summed E-state index contributed by atoms with van der Waals surface area (Å²) in [6, 6.07) is 6.34. The van der Waals surface area contributed by atoms with Crippen molar-refractivity contribution in [1.29, 1.82) is 0 Å². The number of nitrogens with zero attached hydrogens (tertiary/aromatic N) is 3. The van der Waals surface area contributed by atoms with E-state index in [-0.39, 0.29) is 66.9 Å². The van der Waals surface area contributed by atoms with Crippen LogP contribution in [0.15, 0.2) is 24.3 Å². The van der Waals surface area contributed by atoms with Crippen molar-refractivity contribution in [3.63, 3.8) is 0 Å². The van der Waals surface area contributed by atoms with E-state index in [0.29, 0.717) is 13.1 Å². The fraction of sp³-hybridized carbons (Fsp3) is 0.619. The van der Waals surface area contributed by atoms with Crippen molar-refractivity contribution in [2.45, 2.75) is 6.04 Å². The third-order valence-electron chi connectivity index (χ3n) is 6.35. The average Bonchev–Trinajstić information content (AvgIpc) is 3.26. The Kier molecular flexibility index (Phi) is 9.51. The Balaban J connectivity index is 0.00000171. The number of piperazine rings is 1. The molecule has 3 aliphatic rings. The number of carbonyl (C=O) groups is 2. The lowest BCUT2D eigenvalue weighted by atomic mass is 9.89. The Hall–Kier alpha value is -1.45. The number of benzene rings is 1. The number of halogens is 3. The fourth-order valence-corrected chi connectivity index (χ4v) is 5.05. The van der Waals surface area contributed by atoms with Crippen LogP contribution in [-0.4, -0.2) is 92.6 Å². The molecule has 0 saturated carbocycles. The molecule has 3 atom stereocenters. The Morgan fingerprint density at radius 1 is 1.13 bits per heavy atom. The minimum atomic E-state index is -0.297. The van der Waals surface area contributed by atoms with Crippen LogP contribution in [0.25, 0.3) is 0 Å². The van der Waals surface area contributed by atoms with Crippen molar-refractivity contribution in [2.24, 2.45) is 11.8 Å². The molecule has 1 aromatic rings. The van der Waals surface area contributed by atoms with E-state index < -0.39 is 0 Å². The molecule has 3 aliphatic heterocycles. The normalized spacial score (nSPS) is 25.5.